The van der Waals surface area contributed by atoms with Crippen LogP contribution in [0.2, 0.25) is 0 Å². The number of piperidine rings is 1. The van der Waals surface area contributed by atoms with Gasteiger partial charge in [-0.2, -0.15) is 9.29 Å². The molecule has 11 heteroatoms. The van der Waals surface area contributed by atoms with Gasteiger partial charge in [0.15, 0.2) is 0 Å². The summed E-state index contributed by atoms with van der Waals surface area (Å²) in [6.07, 6.45) is 3.18. The number of nitrogens with zero attached hydrogens (tertiary/aromatic N) is 3. The minimum Gasteiger partial charge on any atom is -0.389 e. The normalized spacial score (nSPS) is 14.9. The van der Waals surface area contributed by atoms with Crippen molar-refractivity contribution in [2.45, 2.75) is 50.2 Å². The number of hydrogen-bond donors (Lipinski definition) is 5. The lowest BCUT2D eigenvalue weighted by molar-refractivity contribution is 0.0794. The van der Waals surface area contributed by atoms with E-state index >= 15 is 0 Å². The molecule has 1 aromatic heterocycles. The van der Waals surface area contributed by atoms with Gasteiger partial charge in [-0.3, -0.25) is 0 Å². The van der Waals surface area contributed by atoms with Gasteiger partial charge >= 0.3 is 0 Å². The van der Waals surface area contributed by atoms with Gasteiger partial charge in [-0.25, -0.2) is 13.4 Å². The zero-order chi connectivity index (χ0) is 27.9. The second-order valence-corrected chi connectivity index (χ2v) is 12.4. The molecule has 1 aliphatic rings. The molecule has 0 amide bonds. The summed E-state index contributed by atoms with van der Waals surface area (Å²) in [5, 5.41) is 22.9. The molecular weight excluding hydrogens is 514 g/mol. The highest BCUT2D eigenvalue weighted by Gasteiger charge is 2.32. The van der Waals surface area contributed by atoms with E-state index in [-0.39, 0.29) is 10.9 Å². The Morgan fingerprint density at radius 1 is 1.00 bits per heavy atom. The van der Waals surface area contributed by atoms with Gasteiger partial charge in [0.2, 0.25) is 16.0 Å². The Hall–Kier alpha value is -3.09. The third-order valence-corrected chi connectivity index (χ3v) is 8.45. The topological polar surface area (TPSA) is 132 Å². The van der Waals surface area contributed by atoms with E-state index in [0.717, 1.165) is 31.6 Å². The highest BCUT2D eigenvalue weighted by atomic mass is 32.2. The Labute approximate surface area is 231 Å². The number of hydrogen-bond acceptors (Lipinski definition) is 9. The Bertz CT molecular complexity index is 1300. The highest BCUT2D eigenvalue weighted by Crippen LogP contribution is 2.25. The van der Waals surface area contributed by atoms with Gasteiger partial charge in [0.25, 0.3) is 0 Å². The van der Waals surface area contributed by atoms with Gasteiger partial charge < -0.3 is 26.4 Å². The molecule has 39 heavy (non-hydrogen) atoms. The van der Waals surface area contributed by atoms with Crippen molar-refractivity contribution in [3.8, 4) is 0 Å². The molecule has 5 N–H and O–H groups in total. The average Bonchev–Trinajstić information content (AvgIpc) is 2.90. The second kappa shape index (κ2) is 12.8. The molecule has 0 radical (unpaired) electrons. The lowest BCUT2D eigenvalue weighted by atomic mass is 10.1. The molecule has 0 spiro atoms. The first-order valence-corrected chi connectivity index (χ1v) is 14.7. The minimum atomic E-state index is -3.72. The maximum atomic E-state index is 13.7. The lowest BCUT2D eigenvalue weighted by Crippen LogP contribution is -2.49. The summed E-state index contributed by atoms with van der Waals surface area (Å²) in [5.41, 5.74) is 1.92. The number of nitrogens with one attached hydrogen (secondary N) is 4. The van der Waals surface area contributed by atoms with E-state index in [4.69, 9.17) is 0 Å². The number of benzene rings is 2. The first-order chi connectivity index (χ1) is 18.6. The van der Waals surface area contributed by atoms with Crippen molar-refractivity contribution >= 4 is 33.2 Å². The van der Waals surface area contributed by atoms with Gasteiger partial charge in [-0.1, -0.05) is 17.7 Å². The van der Waals surface area contributed by atoms with Crippen LogP contribution in [0, 0.1) is 6.92 Å². The van der Waals surface area contributed by atoms with Crippen molar-refractivity contribution in [2.75, 3.05) is 43.4 Å². The zero-order valence-corrected chi connectivity index (χ0v) is 23.6. The highest BCUT2D eigenvalue weighted by molar-refractivity contribution is 7.89. The summed E-state index contributed by atoms with van der Waals surface area (Å²) < 4.78 is 29.0. The largest absolute Gasteiger partial charge is 0.389 e. The molecule has 1 aliphatic heterocycles. The van der Waals surface area contributed by atoms with Crippen LogP contribution in [0.15, 0.2) is 65.7 Å². The summed E-state index contributed by atoms with van der Waals surface area (Å²) in [4.78, 5) is 9.05. The third-order valence-electron chi connectivity index (χ3n) is 6.48. The Kier molecular flexibility index (Phi) is 9.52. The van der Waals surface area contributed by atoms with Crippen LogP contribution in [-0.2, 0) is 10.0 Å². The fraction of sp³-hybridized carbons (Fsp3) is 0.429. The van der Waals surface area contributed by atoms with Crippen LogP contribution in [0.3, 0.4) is 0 Å². The first kappa shape index (κ1) is 28.9. The maximum Gasteiger partial charge on any atom is 0.243 e. The van der Waals surface area contributed by atoms with Gasteiger partial charge in [0.1, 0.15) is 5.82 Å². The Balaban J connectivity index is 1.44. The van der Waals surface area contributed by atoms with Crippen molar-refractivity contribution in [1.82, 2.24) is 24.9 Å². The summed E-state index contributed by atoms with van der Waals surface area (Å²) in [6.45, 7) is 8.22. The molecule has 0 saturated carbocycles. The summed E-state index contributed by atoms with van der Waals surface area (Å²) in [5.74, 6) is 1.04. The maximum absolute atomic E-state index is 13.7. The van der Waals surface area contributed by atoms with Crippen LogP contribution in [-0.4, -0.2) is 72.2 Å². The molecule has 2 aromatic carbocycles. The zero-order valence-electron chi connectivity index (χ0n) is 22.8. The number of aryl methyl sites for hydroxylation is 1. The van der Waals surface area contributed by atoms with E-state index in [1.807, 2.05) is 31.2 Å². The average molecular weight is 554 g/mol. The number of rotatable bonds is 12. The summed E-state index contributed by atoms with van der Waals surface area (Å²) in [6, 6.07) is 16.4. The van der Waals surface area contributed by atoms with Crippen LogP contribution in [0.4, 0.5) is 23.1 Å². The molecule has 4 rings (SSSR count). The molecule has 0 bridgehead atoms. The summed E-state index contributed by atoms with van der Waals surface area (Å²) in [7, 11) is -3.72. The smallest absolute Gasteiger partial charge is 0.243 e. The van der Waals surface area contributed by atoms with E-state index in [1.54, 1.807) is 54.7 Å². The van der Waals surface area contributed by atoms with Crippen molar-refractivity contribution < 1.29 is 13.5 Å². The van der Waals surface area contributed by atoms with Crippen LogP contribution in [0.5, 0.6) is 0 Å². The minimum absolute atomic E-state index is 0.0739. The van der Waals surface area contributed by atoms with Crippen LogP contribution >= 0.6 is 0 Å². The van der Waals surface area contributed by atoms with Crippen LogP contribution in [0.25, 0.3) is 0 Å². The van der Waals surface area contributed by atoms with E-state index in [0.29, 0.717) is 37.1 Å². The van der Waals surface area contributed by atoms with Crippen LogP contribution in [0.1, 0.15) is 32.3 Å². The molecule has 1 saturated heterocycles. The number of aromatic nitrogens is 2. The van der Waals surface area contributed by atoms with E-state index in [9.17, 15) is 13.5 Å². The van der Waals surface area contributed by atoms with Gasteiger partial charge in [0.05, 0.1) is 10.5 Å². The van der Waals surface area contributed by atoms with Crippen molar-refractivity contribution in [2.24, 2.45) is 0 Å². The quantitative estimate of drug-likeness (QED) is 0.214. The SMILES string of the molecule is Cc1ccc(Nc2ccnc(Nc3ccc(S(=O)(=O)N(CCNCC(C)(C)O)C4CCNCC4)cc3)n2)cc1. The van der Waals surface area contributed by atoms with Gasteiger partial charge in [-0.15, -0.1) is 0 Å². The number of aliphatic hydroxyl groups is 1. The fourth-order valence-corrected chi connectivity index (χ4v) is 6.11. The third kappa shape index (κ3) is 8.45. The van der Waals surface area contributed by atoms with Crippen molar-refractivity contribution in [1.29, 1.82) is 0 Å². The van der Waals surface area contributed by atoms with Gasteiger partial charge in [-0.05, 0) is 89.2 Å². The monoisotopic (exact) mass is 553 g/mol. The molecule has 2 heterocycles. The molecule has 0 atom stereocenters. The molecule has 0 aliphatic carbocycles. The molecule has 0 unspecified atom stereocenters. The van der Waals surface area contributed by atoms with E-state index in [2.05, 4.69) is 31.2 Å². The molecule has 3 aromatic rings. The van der Waals surface area contributed by atoms with E-state index in [1.165, 1.54) is 5.56 Å². The predicted molar refractivity (Wildman–Crippen MR) is 155 cm³/mol. The standard InChI is InChI=1S/C28H39N7O3S/c1-21-4-6-22(7-5-21)32-26-14-17-31-27(34-26)33-23-8-10-25(11-9-23)39(37,38)35(24-12-15-29-16-13-24)19-18-30-20-28(2,3)36/h4-11,14,17,24,29-30,36H,12-13,15-16,18-20H2,1-3H3,(H2,31,32,33,34). The Morgan fingerprint density at radius 2 is 1.64 bits per heavy atom. The predicted octanol–water partition coefficient (Wildman–Crippen LogP) is 3.38. The first-order valence-electron chi connectivity index (χ1n) is 13.3. The molecule has 210 valence electrons. The molecule has 10 nitrogen and oxygen atoms in total. The molecule has 1 fully saturated rings. The Morgan fingerprint density at radius 3 is 2.31 bits per heavy atom. The van der Waals surface area contributed by atoms with Gasteiger partial charge in [0, 0.05) is 43.2 Å². The lowest BCUT2D eigenvalue weighted by Gasteiger charge is -2.34. The number of sulfonamides is 1. The second-order valence-electron chi connectivity index (χ2n) is 10.5. The fourth-order valence-electron chi connectivity index (χ4n) is 4.43. The molecular formula is C28H39N7O3S. The summed E-state index contributed by atoms with van der Waals surface area (Å²) >= 11 is 0. The van der Waals surface area contributed by atoms with Crippen molar-refractivity contribution in [3.05, 3.63) is 66.4 Å². The van der Waals surface area contributed by atoms with Crippen LogP contribution < -0.4 is 21.3 Å². The van der Waals surface area contributed by atoms with Crippen molar-refractivity contribution in [3.63, 3.8) is 0 Å². The van der Waals surface area contributed by atoms with E-state index < -0.39 is 15.6 Å². The number of anilines is 4.